The zero-order valence-corrected chi connectivity index (χ0v) is 30.3. The van der Waals surface area contributed by atoms with E-state index in [1.807, 2.05) is 29.2 Å². The standard InChI is InChI=1S/C37H52N4O5.2ClH/c1-37(2,3)27-7-4-25(5-8-27)32-22-26(6-11-33(32)46-30-12-15-39-24-30)35(42)41-18-13-29(14-19-41)45-34-23-28(9-10-31(34)36(43)44)40-20-16-38-17-21-40;;/h6,9-11,22-23,25,27,29-30,38-39H,4-5,7-8,12-21,24H2,1-3H3,(H,43,44);2*1H/t25?,27?,30-;;/m0../s1. The van der Waals surface area contributed by atoms with Gasteiger partial charge in [-0.25, -0.2) is 4.79 Å². The summed E-state index contributed by atoms with van der Waals surface area (Å²) in [6.45, 7) is 13.6. The zero-order valence-electron chi connectivity index (χ0n) is 28.7. The van der Waals surface area contributed by atoms with Crippen LogP contribution in [0, 0.1) is 11.3 Å². The summed E-state index contributed by atoms with van der Waals surface area (Å²) in [7, 11) is 0. The van der Waals surface area contributed by atoms with E-state index in [1.165, 1.54) is 18.4 Å². The quantitative estimate of drug-likeness (QED) is 0.291. The number of rotatable bonds is 8. The molecular weight excluding hydrogens is 651 g/mol. The Labute approximate surface area is 298 Å². The van der Waals surface area contributed by atoms with Crippen LogP contribution in [0.15, 0.2) is 36.4 Å². The molecule has 4 fully saturated rings. The molecule has 3 saturated heterocycles. The van der Waals surface area contributed by atoms with Crippen LogP contribution in [0.5, 0.6) is 11.5 Å². The summed E-state index contributed by atoms with van der Waals surface area (Å²) in [4.78, 5) is 30.0. The summed E-state index contributed by atoms with van der Waals surface area (Å²) in [6, 6.07) is 11.5. The Morgan fingerprint density at radius 2 is 1.46 bits per heavy atom. The monoisotopic (exact) mass is 704 g/mol. The molecule has 3 heterocycles. The summed E-state index contributed by atoms with van der Waals surface area (Å²) in [6.07, 6.45) is 6.98. The first-order valence-corrected chi connectivity index (χ1v) is 17.5. The molecule has 48 heavy (non-hydrogen) atoms. The molecule has 1 amide bonds. The number of nitrogens with one attached hydrogen (secondary N) is 2. The third-order valence-corrected chi connectivity index (χ3v) is 10.7. The smallest absolute Gasteiger partial charge is 0.339 e. The van der Waals surface area contributed by atoms with Crippen LogP contribution in [0.2, 0.25) is 0 Å². The summed E-state index contributed by atoms with van der Waals surface area (Å²) in [5.74, 6) is 1.52. The van der Waals surface area contributed by atoms with Gasteiger partial charge in [0.25, 0.3) is 5.91 Å². The molecule has 0 radical (unpaired) electrons. The van der Waals surface area contributed by atoms with Crippen molar-refractivity contribution in [3.05, 3.63) is 53.1 Å². The number of carbonyl (C=O) groups is 2. The Morgan fingerprint density at radius 1 is 0.771 bits per heavy atom. The van der Waals surface area contributed by atoms with Crippen LogP contribution in [0.4, 0.5) is 5.69 Å². The predicted molar refractivity (Wildman–Crippen MR) is 195 cm³/mol. The van der Waals surface area contributed by atoms with Gasteiger partial charge in [0.05, 0.1) is 0 Å². The van der Waals surface area contributed by atoms with Crippen LogP contribution in [-0.4, -0.2) is 86.4 Å². The maximum atomic E-state index is 13.8. The van der Waals surface area contributed by atoms with E-state index in [0.29, 0.717) is 43.0 Å². The molecule has 3 aliphatic heterocycles. The van der Waals surface area contributed by atoms with E-state index in [2.05, 4.69) is 42.4 Å². The van der Waals surface area contributed by atoms with Crippen molar-refractivity contribution in [2.24, 2.45) is 11.3 Å². The summed E-state index contributed by atoms with van der Waals surface area (Å²) in [5.41, 5.74) is 3.39. The third-order valence-electron chi connectivity index (χ3n) is 10.7. The van der Waals surface area contributed by atoms with Gasteiger partial charge >= 0.3 is 5.97 Å². The number of nitrogens with zero attached hydrogens (tertiary/aromatic N) is 2. The van der Waals surface area contributed by atoms with E-state index in [9.17, 15) is 14.7 Å². The average Bonchev–Trinajstić information content (AvgIpc) is 3.58. The highest BCUT2D eigenvalue weighted by Crippen LogP contribution is 2.45. The Hall–Kier alpha value is -2.72. The summed E-state index contributed by atoms with van der Waals surface area (Å²) >= 11 is 0. The first kappa shape index (κ1) is 38.1. The number of hydrogen-bond acceptors (Lipinski definition) is 7. The molecule has 11 heteroatoms. The van der Waals surface area contributed by atoms with E-state index in [-0.39, 0.29) is 48.5 Å². The van der Waals surface area contributed by atoms with Crippen molar-refractivity contribution in [1.29, 1.82) is 0 Å². The van der Waals surface area contributed by atoms with Gasteiger partial charge in [0, 0.05) is 76.0 Å². The molecule has 3 N–H and O–H groups in total. The molecule has 1 saturated carbocycles. The number of amides is 1. The highest BCUT2D eigenvalue weighted by molar-refractivity contribution is 5.95. The van der Waals surface area contributed by atoms with Gasteiger partial charge in [-0.1, -0.05) is 20.8 Å². The number of piperazine rings is 1. The molecule has 1 atom stereocenters. The maximum absolute atomic E-state index is 13.8. The van der Waals surface area contributed by atoms with Crippen LogP contribution >= 0.6 is 24.8 Å². The molecule has 9 nitrogen and oxygen atoms in total. The summed E-state index contributed by atoms with van der Waals surface area (Å²) in [5, 5.41) is 16.6. The molecule has 266 valence electrons. The first-order chi connectivity index (χ1) is 22.2. The van der Waals surface area contributed by atoms with Gasteiger partial charge in [0.15, 0.2) is 0 Å². The normalized spacial score (nSPS) is 23.5. The van der Waals surface area contributed by atoms with Crippen LogP contribution in [0.3, 0.4) is 0 Å². The number of carboxylic acids is 1. The molecule has 6 rings (SSSR count). The molecule has 2 aromatic rings. The van der Waals surface area contributed by atoms with Crippen LogP contribution in [-0.2, 0) is 0 Å². The Kier molecular flexibility index (Phi) is 13.3. The first-order valence-electron chi connectivity index (χ1n) is 17.5. The number of carboxylic acid groups (broad SMARTS) is 1. The van der Waals surface area contributed by atoms with E-state index in [0.717, 1.165) is 81.4 Å². The number of aromatic carboxylic acids is 1. The van der Waals surface area contributed by atoms with Crippen LogP contribution in [0.1, 0.15) is 97.9 Å². The van der Waals surface area contributed by atoms with Gasteiger partial charge < -0.3 is 35.0 Å². The second kappa shape index (κ2) is 16.8. The number of halogens is 2. The van der Waals surface area contributed by atoms with Crippen molar-refractivity contribution in [2.75, 3.05) is 57.3 Å². The Balaban J connectivity index is 0.00000260. The van der Waals surface area contributed by atoms with Crippen molar-refractivity contribution < 1.29 is 24.2 Å². The lowest BCUT2D eigenvalue weighted by Gasteiger charge is -2.37. The number of likely N-dealkylation sites (tertiary alicyclic amines) is 1. The SMILES string of the molecule is CC(C)(C)C1CCC(c2cc(C(=O)N3CCC(Oc4cc(N5CCNCC5)ccc4C(=O)O)CC3)ccc2O[C@H]2CCNC2)CC1.Cl.Cl. The lowest BCUT2D eigenvalue weighted by atomic mass is 9.68. The number of piperidine rings is 1. The molecule has 4 aliphatic rings. The number of hydrogen-bond donors (Lipinski definition) is 3. The predicted octanol–water partition coefficient (Wildman–Crippen LogP) is 6.38. The topological polar surface area (TPSA) is 103 Å². The molecular formula is C37H54Cl2N4O5. The second-order valence-electron chi connectivity index (χ2n) is 14.7. The maximum Gasteiger partial charge on any atom is 0.339 e. The van der Waals surface area contributed by atoms with E-state index >= 15 is 0 Å². The van der Waals surface area contributed by atoms with Crippen molar-refractivity contribution in [1.82, 2.24) is 15.5 Å². The van der Waals surface area contributed by atoms with Crippen molar-refractivity contribution in [3.63, 3.8) is 0 Å². The van der Waals surface area contributed by atoms with Gasteiger partial charge in [-0.05, 0) is 91.8 Å². The van der Waals surface area contributed by atoms with Crippen LogP contribution in [0.25, 0.3) is 0 Å². The van der Waals surface area contributed by atoms with Crippen molar-refractivity contribution >= 4 is 42.4 Å². The Bertz CT molecular complexity index is 1370. The third kappa shape index (κ3) is 9.09. The second-order valence-corrected chi connectivity index (χ2v) is 14.7. The fourth-order valence-electron chi connectivity index (χ4n) is 7.73. The fraction of sp³-hybridized carbons (Fsp3) is 0.622. The average molecular weight is 706 g/mol. The van der Waals surface area contributed by atoms with E-state index < -0.39 is 5.97 Å². The lowest BCUT2D eigenvalue weighted by Crippen LogP contribution is -2.43. The minimum absolute atomic E-state index is 0. The largest absolute Gasteiger partial charge is 0.489 e. The molecule has 0 unspecified atom stereocenters. The molecule has 1 aliphatic carbocycles. The fourth-order valence-corrected chi connectivity index (χ4v) is 7.73. The lowest BCUT2D eigenvalue weighted by molar-refractivity contribution is 0.0587. The zero-order chi connectivity index (χ0) is 32.3. The molecule has 0 aromatic heterocycles. The van der Waals surface area contributed by atoms with Gasteiger partial charge in [-0.2, -0.15) is 0 Å². The molecule has 2 aromatic carbocycles. The van der Waals surface area contributed by atoms with Crippen LogP contribution < -0.4 is 25.0 Å². The number of benzene rings is 2. The van der Waals surface area contributed by atoms with Gasteiger partial charge in [0.1, 0.15) is 29.3 Å². The van der Waals surface area contributed by atoms with Gasteiger partial charge in [-0.3, -0.25) is 4.79 Å². The highest BCUT2D eigenvalue weighted by atomic mass is 35.5. The molecule has 0 bridgehead atoms. The molecule has 0 spiro atoms. The minimum Gasteiger partial charge on any atom is -0.489 e. The van der Waals surface area contributed by atoms with Gasteiger partial charge in [0.2, 0.25) is 0 Å². The van der Waals surface area contributed by atoms with E-state index in [1.54, 1.807) is 6.07 Å². The number of anilines is 1. The van der Waals surface area contributed by atoms with Gasteiger partial charge in [-0.15, -0.1) is 24.8 Å². The summed E-state index contributed by atoms with van der Waals surface area (Å²) < 4.78 is 12.9. The number of ether oxygens (including phenoxy) is 2. The van der Waals surface area contributed by atoms with Crippen molar-refractivity contribution in [2.45, 2.75) is 83.8 Å². The Morgan fingerprint density at radius 3 is 2.08 bits per heavy atom. The number of carbonyl (C=O) groups excluding carboxylic acids is 1. The van der Waals surface area contributed by atoms with Crippen molar-refractivity contribution in [3.8, 4) is 11.5 Å². The highest BCUT2D eigenvalue weighted by Gasteiger charge is 2.33. The minimum atomic E-state index is -0.992. The van der Waals surface area contributed by atoms with E-state index in [4.69, 9.17) is 9.47 Å².